The van der Waals surface area contributed by atoms with Crippen LogP contribution in [0.2, 0.25) is 0 Å². The molecule has 2 heteroatoms. The fourth-order valence-corrected chi connectivity index (χ4v) is 2.01. The average Bonchev–Trinajstić information content (AvgIpc) is 2.34. The lowest BCUT2D eigenvalue weighted by atomic mass is 10.1. The molecular formula is C16H32O2. The van der Waals surface area contributed by atoms with Gasteiger partial charge in [0, 0.05) is 6.61 Å². The van der Waals surface area contributed by atoms with Crippen LogP contribution in [-0.2, 0) is 4.74 Å². The van der Waals surface area contributed by atoms with Gasteiger partial charge in [-0.25, -0.2) is 0 Å². The van der Waals surface area contributed by atoms with Crippen molar-refractivity contribution in [2.24, 2.45) is 0 Å². The van der Waals surface area contributed by atoms with E-state index in [0.717, 1.165) is 6.42 Å². The second kappa shape index (κ2) is 13.1. The van der Waals surface area contributed by atoms with Gasteiger partial charge in [-0.05, 0) is 26.2 Å². The van der Waals surface area contributed by atoms with Crippen molar-refractivity contribution in [1.29, 1.82) is 0 Å². The predicted molar refractivity (Wildman–Crippen MR) is 78.8 cm³/mol. The summed E-state index contributed by atoms with van der Waals surface area (Å²) in [7, 11) is 0. The predicted octanol–water partition coefficient (Wildman–Crippen LogP) is 4.47. The van der Waals surface area contributed by atoms with Gasteiger partial charge in [-0.3, -0.25) is 0 Å². The summed E-state index contributed by atoms with van der Waals surface area (Å²) in [5.74, 6) is 0. The first-order chi connectivity index (χ1) is 8.70. The summed E-state index contributed by atoms with van der Waals surface area (Å²) in [5, 5.41) is 9.51. The van der Waals surface area contributed by atoms with Crippen molar-refractivity contribution >= 4 is 0 Å². The molecule has 108 valence electrons. The second-order valence-electron chi connectivity index (χ2n) is 5.20. The molecule has 0 aliphatic heterocycles. The van der Waals surface area contributed by atoms with E-state index in [9.17, 15) is 5.11 Å². The van der Waals surface area contributed by atoms with E-state index in [4.69, 9.17) is 4.74 Å². The number of hydrogen-bond acceptors (Lipinski definition) is 2. The summed E-state index contributed by atoms with van der Waals surface area (Å²) in [4.78, 5) is 0. The summed E-state index contributed by atoms with van der Waals surface area (Å²) in [6.45, 7) is 8.65. The third-order valence-electron chi connectivity index (χ3n) is 3.26. The zero-order chi connectivity index (χ0) is 13.6. The van der Waals surface area contributed by atoms with Crippen LogP contribution in [0.1, 0.15) is 71.6 Å². The number of unbranched alkanes of at least 4 members (excludes halogenated alkanes) is 5. The molecule has 0 aliphatic rings. The molecule has 0 radical (unpaired) electrons. The monoisotopic (exact) mass is 256 g/mol. The third kappa shape index (κ3) is 12.1. The standard InChI is InChI=1S/C16H32O2/c1-4-6-7-8-9-10-12-15(3)18-14-13-16(17)11-5-2/h5,15-17H,2,4,6-14H2,1,3H3. The maximum absolute atomic E-state index is 9.51. The van der Waals surface area contributed by atoms with Gasteiger partial charge in [0.1, 0.15) is 0 Å². The number of aliphatic hydroxyl groups is 1. The lowest BCUT2D eigenvalue weighted by molar-refractivity contribution is 0.0330. The number of aliphatic hydroxyl groups excluding tert-OH is 1. The first-order valence-electron chi connectivity index (χ1n) is 7.61. The van der Waals surface area contributed by atoms with Gasteiger partial charge in [0.05, 0.1) is 12.2 Å². The van der Waals surface area contributed by atoms with E-state index in [-0.39, 0.29) is 6.10 Å². The topological polar surface area (TPSA) is 29.5 Å². The van der Waals surface area contributed by atoms with Crippen molar-refractivity contribution in [3.8, 4) is 0 Å². The molecule has 0 saturated heterocycles. The molecule has 0 bridgehead atoms. The summed E-state index contributed by atoms with van der Waals surface area (Å²) in [6, 6.07) is 0. The highest BCUT2D eigenvalue weighted by molar-refractivity contribution is 4.71. The van der Waals surface area contributed by atoms with Gasteiger partial charge in [0.15, 0.2) is 0 Å². The highest BCUT2D eigenvalue weighted by atomic mass is 16.5. The molecule has 0 heterocycles. The number of ether oxygens (including phenoxy) is 1. The van der Waals surface area contributed by atoms with Gasteiger partial charge in [-0.2, -0.15) is 0 Å². The van der Waals surface area contributed by atoms with E-state index in [1.807, 2.05) is 0 Å². The number of rotatable bonds is 13. The molecule has 1 N–H and O–H groups in total. The molecule has 0 saturated carbocycles. The maximum atomic E-state index is 9.51. The van der Waals surface area contributed by atoms with E-state index >= 15 is 0 Å². The Balaban J connectivity index is 3.26. The van der Waals surface area contributed by atoms with Crippen LogP contribution in [0.4, 0.5) is 0 Å². The Hall–Kier alpha value is -0.340. The molecule has 0 aliphatic carbocycles. The fraction of sp³-hybridized carbons (Fsp3) is 0.875. The largest absolute Gasteiger partial charge is 0.393 e. The van der Waals surface area contributed by atoms with Gasteiger partial charge in [0.25, 0.3) is 0 Å². The van der Waals surface area contributed by atoms with Crippen molar-refractivity contribution < 1.29 is 9.84 Å². The number of hydrogen-bond donors (Lipinski definition) is 1. The minimum Gasteiger partial charge on any atom is -0.393 e. The molecule has 2 atom stereocenters. The zero-order valence-electron chi connectivity index (χ0n) is 12.4. The van der Waals surface area contributed by atoms with E-state index in [1.165, 1.54) is 38.5 Å². The molecule has 0 rings (SSSR count). The van der Waals surface area contributed by atoms with Crippen molar-refractivity contribution in [2.45, 2.75) is 83.8 Å². The second-order valence-corrected chi connectivity index (χ2v) is 5.20. The Labute approximate surface area is 113 Å². The van der Waals surface area contributed by atoms with Crippen LogP contribution in [0.5, 0.6) is 0 Å². The highest BCUT2D eigenvalue weighted by Crippen LogP contribution is 2.10. The lowest BCUT2D eigenvalue weighted by Gasteiger charge is -2.14. The lowest BCUT2D eigenvalue weighted by Crippen LogP contribution is -2.14. The van der Waals surface area contributed by atoms with Crippen LogP contribution >= 0.6 is 0 Å². The quantitative estimate of drug-likeness (QED) is 0.389. The fourth-order valence-electron chi connectivity index (χ4n) is 2.01. The van der Waals surface area contributed by atoms with Gasteiger partial charge < -0.3 is 9.84 Å². The SMILES string of the molecule is C=CCC(O)CCOC(C)CCCCCCCC. The van der Waals surface area contributed by atoms with Crippen LogP contribution in [-0.4, -0.2) is 23.9 Å². The molecule has 0 aromatic carbocycles. The summed E-state index contributed by atoms with van der Waals surface area (Å²) in [6.07, 6.45) is 12.3. The van der Waals surface area contributed by atoms with E-state index < -0.39 is 0 Å². The smallest absolute Gasteiger partial charge is 0.0596 e. The first kappa shape index (κ1) is 17.7. The van der Waals surface area contributed by atoms with E-state index in [0.29, 0.717) is 25.6 Å². The average molecular weight is 256 g/mol. The molecule has 0 aromatic rings. The first-order valence-corrected chi connectivity index (χ1v) is 7.61. The molecule has 0 aromatic heterocycles. The Bertz CT molecular complexity index is 180. The molecule has 2 nitrogen and oxygen atoms in total. The zero-order valence-corrected chi connectivity index (χ0v) is 12.4. The molecule has 18 heavy (non-hydrogen) atoms. The van der Waals surface area contributed by atoms with Crippen LogP contribution < -0.4 is 0 Å². The van der Waals surface area contributed by atoms with Crippen LogP contribution in [0.25, 0.3) is 0 Å². The maximum Gasteiger partial charge on any atom is 0.0596 e. The van der Waals surface area contributed by atoms with Gasteiger partial charge >= 0.3 is 0 Å². The van der Waals surface area contributed by atoms with Crippen molar-refractivity contribution in [2.75, 3.05) is 6.61 Å². The summed E-state index contributed by atoms with van der Waals surface area (Å²) in [5.41, 5.74) is 0. The molecular weight excluding hydrogens is 224 g/mol. The van der Waals surface area contributed by atoms with Gasteiger partial charge in [0.2, 0.25) is 0 Å². The Morgan fingerprint density at radius 3 is 2.44 bits per heavy atom. The molecule has 0 spiro atoms. The Morgan fingerprint density at radius 1 is 1.11 bits per heavy atom. The van der Waals surface area contributed by atoms with Crippen molar-refractivity contribution in [1.82, 2.24) is 0 Å². The minimum absolute atomic E-state index is 0.288. The van der Waals surface area contributed by atoms with Crippen molar-refractivity contribution in [3.63, 3.8) is 0 Å². The van der Waals surface area contributed by atoms with Crippen molar-refractivity contribution in [3.05, 3.63) is 12.7 Å². The van der Waals surface area contributed by atoms with Gasteiger partial charge in [-0.15, -0.1) is 6.58 Å². The Morgan fingerprint density at radius 2 is 1.78 bits per heavy atom. The van der Waals surface area contributed by atoms with Crippen LogP contribution in [0.3, 0.4) is 0 Å². The highest BCUT2D eigenvalue weighted by Gasteiger charge is 2.05. The van der Waals surface area contributed by atoms with Gasteiger partial charge in [-0.1, -0.05) is 51.5 Å². The Kier molecular flexibility index (Phi) is 12.9. The summed E-state index contributed by atoms with van der Waals surface area (Å²) >= 11 is 0. The van der Waals surface area contributed by atoms with Crippen LogP contribution in [0, 0.1) is 0 Å². The molecule has 2 unspecified atom stereocenters. The van der Waals surface area contributed by atoms with Crippen LogP contribution in [0.15, 0.2) is 12.7 Å². The molecule has 0 fully saturated rings. The van der Waals surface area contributed by atoms with E-state index in [1.54, 1.807) is 6.08 Å². The summed E-state index contributed by atoms with van der Waals surface area (Å²) < 4.78 is 5.69. The van der Waals surface area contributed by atoms with E-state index in [2.05, 4.69) is 20.4 Å². The normalized spacial score (nSPS) is 14.4. The minimum atomic E-state index is -0.288. The third-order valence-corrected chi connectivity index (χ3v) is 3.26. The molecule has 0 amide bonds.